The third-order valence-electron chi connectivity index (χ3n) is 4.64. The van der Waals surface area contributed by atoms with E-state index in [4.69, 9.17) is 0 Å². The monoisotopic (exact) mass is 342 g/mol. The van der Waals surface area contributed by atoms with Crippen LogP contribution in [0.3, 0.4) is 0 Å². The van der Waals surface area contributed by atoms with Crippen LogP contribution >= 0.6 is 0 Å². The van der Waals surface area contributed by atoms with Crippen LogP contribution in [0, 0.1) is 11.3 Å². The van der Waals surface area contributed by atoms with Crippen LogP contribution in [-0.2, 0) is 11.3 Å². The summed E-state index contributed by atoms with van der Waals surface area (Å²) < 4.78 is 0. The van der Waals surface area contributed by atoms with Crippen LogP contribution in [0.25, 0.3) is 10.9 Å². The van der Waals surface area contributed by atoms with Gasteiger partial charge in [0.05, 0.1) is 5.52 Å². The molecule has 0 aliphatic carbocycles. The lowest BCUT2D eigenvalue weighted by Gasteiger charge is -2.16. The second-order valence-corrected chi connectivity index (χ2v) is 6.35. The minimum atomic E-state index is 0.197. The van der Waals surface area contributed by atoms with Crippen molar-refractivity contribution in [2.75, 3.05) is 16.8 Å². The Balaban J connectivity index is 1.53. The maximum atomic E-state index is 11.8. The van der Waals surface area contributed by atoms with E-state index in [2.05, 4.69) is 16.4 Å². The van der Waals surface area contributed by atoms with Crippen molar-refractivity contribution in [2.24, 2.45) is 0 Å². The van der Waals surface area contributed by atoms with Crippen molar-refractivity contribution in [3.05, 3.63) is 65.9 Å². The standard InChI is InChI=1S/C21H18N4O/c22-13-16-12-20(18-4-1-2-5-19(18)24-16)23-14-15-7-9-17(10-8-15)25-11-3-6-21(25)26/h1-2,4-5,7-10,12H,3,6,11,14H2,(H,23,24). The molecule has 2 aromatic carbocycles. The number of amides is 1. The first-order valence-corrected chi connectivity index (χ1v) is 8.68. The number of hydrogen-bond donors (Lipinski definition) is 1. The largest absolute Gasteiger partial charge is 0.380 e. The van der Waals surface area contributed by atoms with Crippen LogP contribution in [0.4, 0.5) is 11.4 Å². The van der Waals surface area contributed by atoms with Gasteiger partial charge >= 0.3 is 0 Å². The Morgan fingerprint density at radius 3 is 2.69 bits per heavy atom. The van der Waals surface area contributed by atoms with Gasteiger partial charge < -0.3 is 10.2 Å². The topological polar surface area (TPSA) is 69.0 Å². The summed E-state index contributed by atoms with van der Waals surface area (Å²) in [6, 6.07) is 19.7. The highest BCUT2D eigenvalue weighted by atomic mass is 16.2. The zero-order valence-electron chi connectivity index (χ0n) is 14.3. The Morgan fingerprint density at radius 1 is 1.15 bits per heavy atom. The van der Waals surface area contributed by atoms with Gasteiger partial charge in [-0.15, -0.1) is 0 Å². The number of carbonyl (C=O) groups is 1. The molecule has 0 bridgehead atoms. The van der Waals surface area contributed by atoms with Crippen LogP contribution < -0.4 is 10.2 Å². The Kier molecular flexibility index (Phi) is 4.24. The van der Waals surface area contributed by atoms with Gasteiger partial charge in [0, 0.05) is 36.3 Å². The Labute approximate surface area is 151 Å². The molecule has 0 atom stereocenters. The van der Waals surface area contributed by atoms with Gasteiger partial charge in [-0.2, -0.15) is 5.26 Å². The van der Waals surface area contributed by atoms with E-state index in [1.54, 1.807) is 6.07 Å². The minimum Gasteiger partial charge on any atom is -0.380 e. The number of anilines is 2. The predicted octanol–water partition coefficient (Wildman–Crippen LogP) is 3.85. The zero-order chi connectivity index (χ0) is 17.9. The first-order chi connectivity index (χ1) is 12.7. The minimum absolute atomic E-state index is 0.197. The molecule has 1 aliphatic rings. The maximum absolute atomic E-state index is 11.8. The Bertz CT molecular complexity index is 1000. The fraction of sp³-hybridized carbons (Fsp3) is 0.190. The molecule has 5 nitrogen and oxygen atoms in total. The number of rotatable bonds is 4. The average molecular weight is 342 g/mol. The highest BCUT2D eigenvalue weighted by molar-refractivity contribution is 5.95. The number of para-hydroxylation sites is 1. The molecule has 1 saturated heterocycles. The molecule has 0 unspecified atom stereocenters. The van der Waals surface area contributed by atoms with Crippen molar-refractivity contribution in [1.29, 1.82) is 5.26 Å². The second kappa shape index (κ2) is 6.85. The fourth-order valence-electron chi connectivity index (χ4n) is 3.29. The summed E-state index contributed by atoms with van der Waals surface area (Å²) in [4.78, 5) is 18.0. The maximum Gasteiger partial charge on any atom is 0.227 e. The summed E-state index contributed by atoms with van der Waals surface area (Å²) in [6.07, 6.45) is 1.57. The number of nitrogens with zero attached hydrogens (tertiary/aromatic N) is 3. The summed E-state index contributed by atoms with van der Waals surface area (Å²) in [6.45, 7) is 1.43. The predicted molar refractivity (Wildman–Crippen MR) is 102 cm³/mol. The molecule has 0 radical (unpaired) electrons. The molecule has 1 aliphatic heterocycles. The molecule has 1 aromatic heterocycles. The van der Waals surface area contributed by atoms with Crippen LogP contribution in [0.15, 0.2) is 54.6 Å². The van der Waals surface area contributed by atoms with Crippen LogP contribution in [-0.4, -0.2) is 17.4 Å². The van der Waals surface area contributed by atoms with E-state index in [9.17, 15) is 10.1 Å². The van der Waals surface area contributed by atoms with Gasteiger partial charge in [-0.25, -0.2) is 4.98 Å². The summed E-state index contributed by atoms with van der Waals surface area (Å²) in [7, 11) is 0. The summed E-state index contributed by atoms with van der Waals surface area (Å²) in [5.41, 5.74) is 4.16. The average Bonchev–Trinajstić information content (AvgIpc) is 3.12. The second-order valence-electron chi connectivity index (χ2n) is 6.35. The molecule has 5 heteroatoms. The number of carbonyl (C=O) groups excluding carboxylic acids is 1. The van der Waals surface area contributed by atoms with E-state index in [1.807, 2.05) is 53.4 Å². The molecule has 4 rings (SSSR count). The van der Waals surface area contributed by atoms with E-state index in [0.29, 0.717) is 18.7 Å². The van der Waals surface area contributed by atoms with E-state index >= 15 is 0 Å². The lowest BCUT2D eigenvalue weighted by molar-refractivity contribution is -0.117. The lowest BCUT2D eigenvalue weighted by atomic mass is 10.1. The number of nitriles is 1. The van der Waals surface area contributed by atoms with Crippen molar-refractivity contribution < 1.29 is 4.79 Å². The third kappa shape index (κ3) is 3.09. The smallest absolute Gasteiger partial charge is 0.227 e. The number of benzene rings is 2. The van der Waals surface area contributed by atoms with Gasteiger partial charge in [-0.3, -0.25) is 4.79 Å². The molecular formula is C21H18N4O. The fourth-order valence-corrected chi connectivity index (χ4v) is 3.29. The molecule has 3 aromatic rings. The van der Waals surface area contributed by atoms with Crippen molar-refractivity contribution in [1.82, 2.24) is 4.98 Å². The number of aromatic nitrogens is 1. The van der Waals surface area contributed by atoms with Crippen molar-refractivity contribution in [2.45, 2.75) is 19.4 Å². The molecule has 128 valence electrons. The Hall–Kier alpha value is -3.39. The quantitative estimate of drug-likeness (QED) is 0.782. The van der Waals surface area contributed by atoms with Crippen molar-refractivity contribution in [3.63, 3.8) is 0 Å². The molecule has 26 heavy (non-hydrogen) atoms. The molecule has 0 saturated carbocycles. The first kappa shape index (κ1) is 16.1. The van der Waals surface area contributed by atoms with Crippen molar-refractivity contribution >= 4 is 28.2 Å². The summed E-state index contributed by atoms with van der Waals surface area (Å²) in [5, 5.41) is 13.6. The van der Waals surface area contributed by atoms with Crippen molar-refractivity contribution in [3.8, 4) is 6.07 Å². The summed E-state index contributed by atoms with van der Waals surface area (Å²) >= 11 is 0. The van der Waals surface area contributed by atoms with Crippen LogP contribution in [0.5, 0.6) is 0 Å². The van der Waals surface area contributed by atoms with Gasteiger partial charge in [0.15, 0.2) is 0 Å². The lowest BCUT2D eigenvalue weighted by Crippen LogP contribution is -2.23. The van der Waals surface area contributed by atoms with Gasteiger partial charge in [0.2, 0.25) is 5.91 Å². The summed E-state index contributed by atoms with van der Waals surface area (Å²) in [5.74, 6) is 0.197. The highest BCUT2D eigenvalue weighted by Gasteiger charge is 2.21. The van der Waals surface area contributed by atoms with E-state index in [-0.39, 0.29) is 5.91 Å². The molecular weight excluding hydrogens is 324 g/mol. The number of pyridine rings is 1. The van der Waals surface area contributed by atoms with Crippen LogP contribution in [0.1, 0.15) is 24.1 Å². The zero-order valence-corrected chi connectivity index (χ0v) is 14.3. The van der Waals surface area contributed by atoms with Crippen LogP contribution in [0.2, 0.25) is 0 Å². The van der Waals surface area contributed by atoms with E-state index in [1.165, 1.54) is 0 Å². The van der Waals surface area contributed by atoms with Gasteiger partial charge in [-0.1, -0.05) is 30.3 Å². The normalized spacial score (nSPS) is 13.8. The number of fused-ring (bicyclic) bond motifs is 1. The number of hydrogen-bond acceptors (Lipinski definition) is 4. The number of nitrogens with one attached hydrogen (secondary N) is 1. The molecule has 0 spiro atoms. The van der Waals surface area contributed by atoms with E-state index < -0.39 is 0 Å². The SMILES string of the molecule is N#Cc1cc(NCc2ccc(N3CCCC3=O)cc2)c2ccccc2n1. The first-order valence-electron chi connectivity index (χ1n) is 8.68. The van der Waals surface area contributed by atoms with Gasteiger partial charge in [-0.05, 0) is 36.2 Å². The van der Waals surface area contributed by atoms with E-state index in [0.717, 1.165) is 40.8 Å². The molecule has 1 amide bonds. The highest BCUT2D eigenvalue weighted by Crippen LogP contribution is 2.25. The Morgan fingerprint density at radius 2 is 1.96 bits per heavy atom. The molecule has 2 heterocycles. The van der Waals surface area contributed by atoms with Gasteiger partial charge in [0.25, 0.3) is 0 Å². The molecule has 1 fully saturated rings. The molecule has 1 N–H and O–H groups in total. The van der Waals surface area contributed by atoms with Gasteiger partial charge in [0.1, 0.15) is 11.8 Å². The third-order valence-corrected chi connectivity index (χ3v) is 4.64.